The molecule has 1 aliphatic carbocycles. The lowest BCUT2D eigenvalue weighted by Crippen LogP contribution is -2.25. The van der Waals surface area contributed by atoms with Crippen molar-refractivity contribution in [3.05, 3.63) is 71.5 Å². The van der Waals surface area contributed by atoms with Crippen LogP contribution in [0.3, 0.4) is 0 Å². The molecule has 2 N–H and O–H groups in total. The molecule has 1 fully saturated rings. The molecule has 3 aromatic rings. The third-order valence-corrected chi connectivity index (χ3v) is 6.64. The molecule has 7 nitrogen and oxygen atoms in total. The molecule has 0 saturated heterocycles. The van der Waals surface area contributed by atoms with E-state index in [0.717, 1.165) is 47.1 Å². The van der Waals surface area contributed by atoms with Crippen LogP contribution in [-0.4, -0.2) is 39.1 Å². The summed E-state index contributed by atoms with van der Waals surface area (Å²) in [5.74, 6) is 0.905. The van der Waals surface area contributed by atoms with Gasteiger partial charge in [-0.2, -0.15) is 10.2 Å². The highest BCUT2D eigenvalue weighted by atomic mass is 32.2. The maximum Gasteiger partial charge on any atom is 0.153 e. The highest BCUT2D eigenvalue weighted by Crippen LogP contribution is 2.44. The number of allylic oxidation sites excluding steroid dienone is 2. The second kappa shape index (κ2) is 12.9. The Morgan fingerprint density at radius 3 is 2.47 bits per heavy atom. The first-order chi connectivity index (χ1) is 18.1. The van der Waals surface area contributed by atoms with Crippen molar-refractivity contribution in [2.24, 2.45) is 18.0 Å². The molecule has 1 aromatic carbocycles. The minimum Gasteiger partial charge on any atom is -0.331 e. The Kier molecular flexibility index (Phi) is 9.90. The number of benzene rings is 1. The number of aromatic amines is 1. The van der Waals surface area contributed by atoms with Crippen molar-refractivity contribution in [3.8, 4) is 0 Å². The molecule has 4 rings (SSSR count). The van der Waals surface area contributed by atoms with E-state index in [1.807, 2.05) is 32.3 Å². The van der Waals surface area contributed by atoms with Gasteiger partial charge < -0.3 is 10.2 Å². The molecular formula is C28H37F2N7S. The van der Waals surface area contributed by atoms with E-state index in [1.54, 1.807) is 24.9 Å². The number of rotatable bonds is 8. The number of aryl methyl sites for hydroxylation is 2. The van der Waals surface area contributed by atoms with Crippen LogP contribution in [0.15, 0.2) is 58.3 Å². The Labute approximate surface area is 228 Å². The fourth-order valence-corrected chi connectivity index (χ4v) is 4.25. The minimum atomic E-state index is -0.519. The van der Waals surface area contributed by atoms with E-state index in [1.165, 1.54) is 23.5 Å². The van der Waals surface area contributed by atoms with E-state index >= 15 is 0 Å². The number of nitrogens with one attached hydrogen (secondary N) is 2. The molecule has 0 spiro atoms. The number of hydrogen-bond acceptors (Lipinski definition) is 5. The number of amidine groups is 1. The summed E-state index contributed by atoms with van der Waals surface area (Å²) in [6.07, 6.45) is 6.84. The Balaban J connectivity index is 0.00000127. The van der Waals surface area contributed by atoms with Crippen molar-refractivity contribution in [2.75, 3.05) is 23.5 Å². The first-order valence-electron chi connectivity index (χ1n) is 12.6. The second-order valence-electron chi connectivity index (χ2n) is 9.31. The van der Waals surface area contributed by atoms with Gasteiger partial charge in [0.1, 0.15) is 23.3 Å². The number of hydrogen-bond donors (Lipinski definition) is 2. The number of anilines is 2. The zero-order chi connectivity index (χ0) is 28.0. The van der Waals surface area contributed by atoms with E-state index in [2.05, 4.69) is 41.0 Å². The van der Waals surface area contributed by atoms with Gasteiger partial charge in [-0.05, 0) is 51.0 Å². The van der Waals surface area contributed by atoms with E-state index in [9.17, 15) is 8.78 Å². The molecule has 0 amide bonds. The molecule has 1 saturated carbocycles. The lowest BCUT2D eigenvalue weighted by Gasteiger charge is -2.22. The van der Waals surface area contributed by atoms with E-state index < -0.39 is 11.6 Å². The monoisotopic (exact) mass is 541 g/mol. The lowest BCUT2D eigenvalue weighted by atomic mass is 10.00. The zero-order valence-electron chi connectivity index (χ0n) is 23.2. The molecule has 2 aromatic heterocycles. The largest absolute Gasteiger partial charge is 0.331 e. The number of halogens is 2. The van der Waals surface area contributed by atoms with Gasteiger partial charge in [0.05, 0.1) is 11.4 Å². The smallest absolute Gasteiger partial charge is 0.153 e. The van der Waals surface area contributed by atoms with Crippen LogP contribution in [0.2, 0.25) is 0 Å². The summed E-state index contributed by atoms with van der Waals surface area (Å²) in [5.41, 5.74) is 3.46. The van der Waals surface area contributed by atoms with Gasteiger partial charge in [0.15, 0.2) is 5.82 Å². The summed E-state index contributed by atoms with van der Waals surface area (Å²) >= 11 is 1.16. The molecule has 10 heteroatoms. The van der Waals surface area contributed by atoms with Crippen LogP contribution < -0.4 is 10.2 Å². The van der Waals surface area contributed by atoms with Gasteiger partial charge in [-0.25, -0.2) is 13.8 Å². The third-order valence-electron chi connectivity index (χ3n) is 5.88. The van der Waals surface area contributed by atoms with Crippen molar-refractivity contribution in [2.45, 2.75) is 51.9 Å². The molecule has 0 aliphatic heterocycles. The van der Waals surface area contributed by atoms with Crippen LogP contribution in [0.25, 0.3) is 5.57 Å². The highest BCUT2D eigenvalue weighted by molar-refractivity contribution is 7.98. The highest BCUT2D eigenvalue weighted by Gasteiger charge is 2.32. The Bertz CT molecular complexity index is 1330. The standard InChI is InChI=1S/C25H29F2N7S.C3H8/c1-14-11-23(31-30-14)29-25(24(17-7-8-17)15(2)20-9-10-33(4)32-20)28-16(3)34(5)21-12-19(27)22(35-6)13-18(21)26;1-3-2/h9-13,17H,2,7-8H2,1,3-6H3,(H2,29,30,31);3H2,1-2H3/b25-24-,28-16+;. The van der Waals surface area contributed by atoms with Crippen molar-refractivity contribution < 1.29 is 8.78 Å². The topological polar surface area (TPSA) is 74.1 Å². The lowest BCUT2D eigenvalue weighted by molar-refractivity contribution is 0.578. The summed E-state index contributed by atoms with van der Waals surface area (Å²) in [4.78, 5) is 6.65. The first-order valence-corrected chi connectivity index (χ1v) is 13.9. The molecule has 204 valence electrons. The van der Waals surface area contributed by atoms with Crippen LogP contribution in [0.4, 0.5) is 20.3 Å². The zero-order valence-corrected chi connectivity index (χ0v) is 24.0. The average Bonchev–Trinajstić information content (AvgIpc) is 3.47. The fourth-order valence-electron chi connectivity index (χ4n) is 3.77. The van der Waals surface area contributed by atoms with Crippen LogP contribution >= 0.6 is 11.8 Å². The Morgan fingerprint density at radius 1 is 1.26 bits per heavy atom. The maximum absolute atomic E-state index is 14.8. The Hall–Kier alpha value is -3.40. The molecular weight excluding hydrogens is 504 g/mol. The number of H-pyrrole nitrogens is 1. The summed E-state index contributed by atoms with van der Waals surface area (Å²) in [6, 6.07) is 6.19. The van der Waals surface area contributed by atoms with Crippen molar-refractivity contribution in [1.29, 1.82) is 0 Å². The summed E-state index contributed by atoms with van der Waals surface area (Å²) in [5, 5.41) is 15.1. The van der Waals surface area contributed by atoms with Gasteiger partial charge >= 0.3 is 0 Å². The van der Waals surface area contributed by atoms with Gasteiger partial charge in [-0.1, -0.05) is 26.8 Å². The van der Waals surface area contributed by atoms with Gasteiger partial charge in [0, 0.05) is 54.2 Å². The van der Waals surface area contributed by atoms with Gasteiger partial charge in [-0.15, -0.1) is 11.8 Å². The van der Waals surface area contributed by atoms with Gasteiger partial charge in [-0.3, -0.25) is 9.78 Å². The van der Waals surface area contributed by atoms with Crippen LogP contribution in [0, 0.1) is 24.5 Å². The number of thioether (sulfide) groups is 1. The van der Waals surface area contributed by atoms with E-state index in [4.69, 9.17) is 4.99 Å². The molecule has 0 radical (unpaired) electrons. The molecule has 38 heavy (non-hydrogen) atoms. The fraction of sp³-hybridized carbons (Fsp3) is 0.393. The molecule has 2 heterocycles. The van der Waals surface area contributed by atoms with Crippen molar-refractivity contribution >= 4 is 34.7 Å². The van der Waals surface area contributed by atoms with E-state index in [0.29, 0.717) is 17.5 Å². The maximum atomic E-state index is 14.8. The number of nitrogens with zero attached hydrogens (tertiary/aromatic N) is 5. The van der Waals surface area contributed by atoms with Gasteiger partial charge in [0.25, 0.3) is 0 Å². The van der Waals surface area contributed by atoms with Crippen LogP contribution in [0.5, 0.6) is 0 Å². The predicted molar refractivity (Wildman–Crippen MR) is 155 cm³/mol. The third kappa shape index (κ3) is 7.12. The number of aromatic nitrogens is 4. The summed E-state index contributed by atoms with van der Waals surface area (Å²) in [7, 11) is 3.52. The summed E-state index contributed by atoms with van der Waals surface area (Å²) < 4.78 is 31.0. The van der Waals surface area contributed by atoms with Crippen molar-refractivity contribution in [3.63, 3.8) is 0 Å². The SMILES string of the molecule is C=C(/C(=C(\N=C(/C)N(C)c1cc(F)c(SC)cc1F)Nc1cc(C)[nH]n1)C1CC1)c1ccn(C)n1.CCC. The number of aliphatic imine (C=N–C) groups is 1. The Morgan fingerprint density at radius 2 is 1.95 bits per heavy atom. The summed E-state index contributed by atoms with van der Waals surface area (Å²) in [6.45, 7) is 12.2. The molecule has 0 atom stereocenters. The van der Waals surface area contributed by atoms with Crippen molar-refractivity contribution in [1.82, 2.24) is 20.0 Å². The molecule has 1 aliphatic rings. The van der Waals surface area contributed by atoms with Crippen LogP contribution in [0.1, 0.15) is 51.4 Å². The van der Waals surface area contributed by atoms with E-state index in [-0.39, 0.29) is 16.5 Å². The first kappa shape index (κ1) is 29.2. The molecule has 0 bridgehead atoms. The van der Waals surface area contributed by atoms with Crippen LogP contribution in [-0.2, 0) is 7.05 Å². The minimum absolute atomic E-state index is 0.105. The second-order valence-corrected chi connectivity index (χ2v) is 10.2. The quantitative estimate of drug-likeness (QED) is 0.137. The van der Waals surface area contributed by atoms with Gasteiger partial charge in [0.2, 0.25) is 0 Å². The molecule has 0 unspecified atom stereocenters. The normalized spacial score (nSPS) is 14.0. The predicted octanol–water partition coefficient (Wildman–Crippen LogP) is 7.17. The average molecular weight is 542 g/mol.